The van der Waals surface area contributed by atoms with Gasteiger partial charge in [0.1, 0.15) is 0 Å². The van der Waals surface area contributed by atoms with Crippen LogP contribution in [0.1, 0.15) is 34.3 Å². The third kappa shape index (κ3) is 4.24. The summed E-state index contributed by atoms with van der Waals surface area (Å²) >= 11 is 5.95. The molecule has 0 N–H and O–H groups in total. The Balaban J connectivity index is 1.71. The Morgan fingerprint density at radius 2 is 1.83 bits per heavy atom. The van der Waals surface area contributed by atoms with Gasteiger partial charge in [-0.2, -0.15) is 0 Å². The van der Waals surface area contributed by atoms with Gasteiger partial charge in [0, 0.05) is 17.2 Å². The van der Waals surface area contributed by atoms with Gasteiger partial charge in [0.25, 0.3) is 5.56 Å². The van der Waals surface area contributed by atoms with Crippen LogP contribution in [0.2, 0.25) is 5.02 Å². The molecule has 1 aliphatic heterocycles. The molecule has 0 bridgehead atoms. The molecule has 2 aromatic heterocycles. The highest BCUT2D eigenvalue weighted by atomic mass is 35.5. The van der Waals surface area contributed by atoms with Crippen molar-refractivity contribution in [3.8, 4) is 5.69 Å². The maximum absolute atomic E-state index is 13.7. The highest BCUT2D eigenvalue weighted by Crippen LogP contribution is 2.21. The number of halogens is 1. The number of carbonyl (C=O) groups is 1. The third-order valence-electron chi connectivity index (χ3n) is 6.45. The predicted octanol–water partition coefficient (Wildman–Crippen LogP) is 3.68. The predicted molar refractivity (Wildman–Crippen MR) is 134 cm³/mol. The second-order valence-electron chi connectivity index (χ2n) is 8.88. The number of nitrogens with zero attached hydrogens (tertiary/aromatic N) is 4. The Kier molecular flexibility index (Phi) is 6.17. The summed E-state index contributed by atoms with van der Waals surface area (Å²) in [5.74, 6) is -0.198. The lowest BCUT2D eigenvalue weighted by atomic mass is 10.1. The number of fused-ring (bicyclic) bond motifs is 1. The summed E-state index contributed by atoms with van der Waals surface area (Å²) in [4.78, 5) is 44.8. The van der Waals surface area contributed by atoms with Gasteiger partial charge >= 0.3 is 5.69 Å². The summed E-state index contributed by atoms with van der Waals surface area (Å²) in [6.07, 6.45) is 2.90. The Morgan fingerprint density at radius 3 is 2.49 bits per heavy atom. The van der Waals surface area contributed by atoms with E-state index in [2.05, 4.69) is 4.98 Å². The molecule has 180 valence electrons. The number of para-hydroxylation sites is 1. The van der Waals surface area contributed by atoms with Crippen molar-refractivity contribution in [2.75, 3.05) is 6.61 Å². The first-order chi connectivity index (χ1) is 16.8. The molecule has 1 atom stereocenters. The number of aromatic nitrogens is 4. The zero-order valence-corrected chi connectivity index (χ0v) is 20.3. The third-order valence-corrected chi connectivity index (χ3v) is 6.71. The van der Waals surface area contributed by atoms with Gasteiger partial charge in [0.05, 0.1) is 31.2 Å². The van der Waals surface area contributed by atoms with Crippen LogP contribution in [0, 0.1) is 13.8 Å². The first kappa shape index (κ1) is 23.3. The first-order valence-electron chi connectivity index (χ1n) is 11.5. The molecule has 0 radical (unpaired) electrons. The van der Waals surface area contributed by atoms with Crippen LogP contribution in [-0.4, -0.2) is 37.2 Å². The largest absolute Gasteiger partial charge is 0.376 e. The van der Waals surface area contributed by atoms with Crippen LogP contribution in [0.5, 0.6) is 0 Å². The molecule has 0 unspecified atom stereocenters. The number of ketones is 1. The van der Waals surface area contributed by atoms with Gasteiger partial charge in [0.15, 0.2) is 16.9 Å². The van der Waals surface area contributed by atoms with Crippen LogP contribution in [0.3, 0.4) is 0 Å². The number of carbonyl (C=O) groups excluding carboxylic acids is 1. The van der Waals surface area contributed by atoms with Crippen LogP contribution in [-0.2, 0) is 17.8 Å². The minimum Gasteiger partial charge on any atom is -0.376 e. The van der Waals surface area contributed by atoms with Gasteiger partial charge < -0.3 is 9.30 Å². The minimum atomic E-state index is -0.482. The van der Waals surface area contributed by atoms with Crippen molar-refractivity contribution in [3.05, 3.63) is 91.3 Å². The van der Waals surface area contributed by atoms with E-state index in [-0.39, 0.29) is 36.1 Å². The maximum atomic E-state index is 13.7. The highest BCUT2D eigenvalue weighted by molar-refractivity contribution is 6.30. The number of ether oxygens (including phenoxy) is 1. The van der Waals surface area contributed by atoms with Gasteiger partial charge in [-0.15, -0.1) is 0 Å². The molecule has 35 heavy (non-hydrogen) atoms. The lowest BCUT2D eigenvalue weighted by Gasteiger charge is -2.17. The fourth-order valence-corrected chi connectivity index (χ4v) is 4.82. The van der Waals surface area contributed by atoms with E-state index in [0.717, 1.165) is 24.0 Å². The number of Topliss-reactive ketones (excluding diaryl/α,β-unsaturated/α-hetero) is 1. The van der Waals surface area contributed by atoms with E-state index >= 15 is 0 Å². The van der Waals surface area contributed by atoms with Gasteiger partial charge in [-0.05, 0) is 62.1 Å². The van der Waals surface area contributed by atoms with E-state index in [1.165, 1.54) is 20.0 Å². The van der Waals surface area contributed by atoms with Gasteiger partial charge in [-0.1, -0.05) is 29.8 Å². The second-order valence-corrected chi connectivity index (χ2v) is 9.32. The maximum Gasteiger partial charge on any atom is 0.337 e. The molecular formula is C26H25ClN4O4. The van der Waals surface area contributed by atoms with Gasteiger partial charge in [0.2, 0.25) is 0 Å². The Bertz CT molecular complexity index is 1520. The lowest BCUT2D eigenvalue weighted by Crippen LogP contribution is -2.42. The Morgan fingerprint density at radius 1 is 1.11 bits per heavy atom. The van der Waals surface area contributed by atoms with E-state index in [1.54, 1.807) is 24.3 Å². The van der Waals surface area contributed by atoms with Gasteiger partial charge in [-0.3, -0.25) is 14.2 Å². The molecule has 0 saturated carbocycles. The summed E-state index contributed by atoms with van der Waals surface area (Å²) in [6.45, 7) is 4.49. The molecule has 9 heteroatoms. The molecule has 2 aromatic carbocycles. The fourth-order valence-electron chi connectivity index (χ4n) is 4.69. The Labute approximate surface area is 206 Å². The van der Waals surface area contributed by atoms with Crippen molar-refractivity contribution in [1.29, 1.82) is 0 Å². The lowest BCUT2D eigenvalue weighted by molar-refractivity contribution is 0.0947. The van der Waals surface area contributed by atoms with Crippen molar-refractivity contribution >= 4 is 28.5 Å². The van der Waals surface area contributed by atoms with Crippen LogP contribution in [0.4, 0.5) is 0 Å². The molecule has 8 nitrogen and oxygen atoms in total. The highest BCUT2D eigenvalue weighted by Gasteiger charge is 2.25. The van der Waals surface area contributed by atoms with Crippen molar-refractivity contribution in [1.82, 2.24) is 18.7 Å². The quantitative estimate of drug-likeness (QED) is 0.383. The molecule has 1 fully saturated rings. The number of hydrogen-bond acceptors (Lipinski definition) is 5. The summed E-state index contributed by atoms with van der Waals surface area (Å²) in [6, 6.07) is 12.3. The molecule has 3 heterocycles. The van der Waals surface area contributed by atoms with E-state index in [1.807, 2.05) is 32.0 Å². The van der Waals surface area contributed by atoms with Crippen LogP contribution >= 0.6 is 11.6 Å². The summed E-state index contributed by atoms with van der Waals surface area (Å²) < 4.78 is 9.94. The number of rotatable bonds is 6. The molecule has 0 spiro atoms. The van der Waals surface area contributed by atoms with E-state index in [9.17, 15) is 14.4 Å². The van der Waals surface area contributed by atoms with Crippen molar-refractivity contribution in [2.24, 2.45) is 0 Å². The topological polar surface area (TPSA) is 88.1 Å². The molecule has 0 amide bonds. The van der Waals surface area contributed by atoms with Crippen LogP contribution < -0.4 is 11.2 Å². The second kappa shape index (κ2) is 9.28. The zero-order chi connectivity index (χ0) is 24.7. The molecule has 0 aliphatic carbocycles. The molecule has 1 saturated heterocycles. The minimum absolute atomic E-state index is 0.0989. The normalized spacial score (nSPS) is 15.7. The fraction of sp³-hybridized carbons (Fsp3) is 0.308. The summed E-state index contributed by atoms with van der Waals surface area (Å²) in [5.41, 5.74) is 2.38. The smallest absolute Gasteiger partial charge is 0.337 e. The van der Waals surface area contributed by atoms with Crippen molar-refractivity contribution < 1.29 is 9.53 Å². The average molecular weight is 493 g/mol. The molecular weight excluding hydrogens is 468 g/mol. The van der Waals surface area contributed by atoms with Crippen molar-refractivity contribution in [2.45, 2.75) is 45.9 Å². The average Bonchev–Trinajstić information content (AvgIpc) is 3.49. The van der Waals surface area contributed by atoms with E-state index in [4.69, 9.17) is 16.3 Å². The molecule has 5 rings (SSSR count). The standard InChI is InChI=1S/C26H25ClN4O4/c1-16-5-3-6-17(2)22(16)31-24-23(25(33)30(26(31)34)13-20-7-4-12-35-20)29(15-28-24)14-21(32)18-8-10-19(27)11-9-18/h3,5-6,8-11,15,20H,4,7,12-14H2,1-2H3/t20-/m1/s1. The number of aryl methyl sites for hydroxylation is 2. The van der Waals surface area contributed by atoms with Crippen LogP contribution in [0.25, 0.3) is 16.9 Å². The number of hydrogen-bond donors (Lipinski definition) is 0. The number of benzene rings is 2. The Hall–Kier alpha value is -3.49. The molecule has 4 aromatic rings. The van der Waals surface area contributed by atoms with E-state index in [0.29, 0.717) is 22.9 Å². The monoisotopic (exact) mass is 492 g/mol. The van der Waals surface area contributed by atoms with E-state index < -0.39 is 11.2 Å². The zero-order valence-electron chi connectivity index (χ0n) is 19.5. The van der Waals surface area contributed by atoms with Gasteiger partial charge in [-0.25, -0.2) is 14.3 Å². The van der Waals surface area contributed by atoms with Crippen molar-refractivity contribution in [3.63, 3.8) is 0 Å². The molecule has 1 aliphatic rings. The number of imidazole rings is 1. The summed E-state index contributed by atoms with van der Waals surface area (Å²) in [7, 11) is 0. The summed E-state index contributed by atoms with van der Waals surface area (Å²) in [5, 5.41) is 0.532. The SMILES string of the molecule is Cc1cccc(C)c1-n1c(=O)n(C[C@H]2CCCO2)c(=O)c2c1ncn2CC(=O)c1ccc(Cl)cc1. The first-order valence-corrected chi connectivity index (χ1v) is 11.9. The van der Waals surface area contributed by atoms with Crippen LogP contribution in [0.15, 0.2) is 58.4 Å².